The third-order valence-electron chi connectivity index (χ3n) is 1.12. The molecule has 48 valence electrons. The first-order chi connectivity index (χ1) is 4.43. The molecule has 0 saturated carbocycles. The van der Waals surface area contributed by atoms with Crippen molar-refractivity contribution in [1.29, 1.82) is 0 Å². The average molecular weight is 123 g/mol. The summed E-state index contributed by atoms with van der Waals surface area (Å²) in [6.45, 7) is 1.49. The molecule has 0 aromatic rings. The number of aliphatic imine (C=N–C) groups is 1. The minimum absolute atomic E-state index is 0.666. The lowest BCUT2D eigenvalue weighted by Crippen LogP contribution is -2.31. The molecule has 1 rings (SSSR count). The summed E-state index contributed by atoms with van der Waals surface area (Å²) in [6, 6.07) is 0. The number of nitrogens with one attached hydrogen (secondary N) is 1. The molecule has 4 heteroatoms. The van der Waals surface area contributed by atoms with E-state index in [4.69, 9.17) is 5.73 Å². The van der Waals surface area contributed by atoms with E-state index in [-0.39, 0.29) is 0 Å². The van der Waals surface area contributed by atoms with Gasteiger partial charge in [0.25, 0.3) is 0 Å². The van der Waals surface area contributed by atoms with Crippen LogP contribution in [0.4, 0.5) is 0 Å². The van der Waals surface area contributed by atoms with Crippen LogP contribution in [0.25, 0.3) is 0 Å². The van der Waals surface area contributed by atoms with Crippen molar-refractivity contribution >= 4 is 13.0 Å². The van der Waals surface area contributed by atoms with Gasteiger partial charge in [0.05, 0.1) is 5.73 Å². The molecule has 3 nitrogen and oxygen atoms in total. The van der Waals surface area contributed by atoms with Crippen molar-refractivity contribution in [3.8, 4) is 0 Å². The Morgan fingerprint density at radius 3 is 3.22 bits per heavy atom. The van der Waals surface area contributed by atoms with Crippen LogP contribution in [0.1, 0.15) is 0 Å². The Bertz CT molecular complexity index is 141. The topological polar surface area (TPSA) is 50.4 Å². The minimum atomic E-state index is 0.666. The maximum atomic E-state index is 5.27. The summed E-state index contributed by atoms with van der Waals surface area (Å²) in [7, 11) is 0.931. The number of amidine groups is 1. The summed E-state index contributed by atoms with van der Waals surface area (Å²) in [5.74, 6) is 2.01. The Labute approximate surface area is 55.3 Å². The Kier molecular flexibility index (Phi) is 2.33. The molecule has 1 aliphatic heterocycles. The van der Waals surface area contributed by atoms with Crippen LogP contribution in [0, 0.1) is 0 Å². The number of nitrogens with zero attached hydrogens (tertiary/aromatic N) is 1. The second kappa shape index (κ2) is 3.30. The predicted molar refractivity (Wildman–Crippen MR) is 40.8 cm³/mol. The Balaban J connectivity index is 2.14. The molecule has 0 saturated heterocycles. The standard InChI is InChI=1S/C5H10BN3/c7-2-4-9-5-6-1-3-8-5/h1,3,6H,2,4,7H2,(H,8,9). The molecular formula is C5H10BN3. The fraction of sp³-hybridized carbons (Fsp3) is 0.400. The highest BCUT2D eigenvalue weighted by Crippen LogP contribution is 1.85. The van der Waals surface area contributed by atoms with Crippen LogP contribution >= 0.6 is 0 Å². The number of hydrogen-bond acceptors (Lipinski definition) is 3. The third kappa shape index (κ3) is 1.89. The van der Waals surface area contributed by atoms with Gasteiger partial charge in [0, 0.05) is 19.3 Å². The molecule has 0 aromatic carbocycles. The first kappa shape index (κ1) is 6.36. The van der Waals surface area contributed by atoms with Gasteiger partial charge in [0.2, 0.25) is 7.28 Å². The Hall–Kier alpha value is -0.765. The van der Waals surface area contributed by atoms with Gasteiger partial charge in [-0.2, -0.15) is 0 Å². The highest BCUT2D eigenvalue weighted by atomic mass is 15.0. The van der Waals surface area contributed by atoms with Gasteiger partial charge in [-0.15, -0.1) is 0 Å². The van der Waals surface area contributed by atoms with Gasteiger partial charge in [-0.1, -0.05) is 5.98 Å². The Morgan fingerprint density at radius 1 is 1.78 bits per heavy atom. The first-order valence-corrected chi connectivity index (χ1v) is 3.09. The third-order valence-corrected chi connectivity index (χ3v) is 1.12. The molecule has 0 aromatic heterocycles. The van der Waals surface area contributed by atoms with Gasteiger partial charge >= 0.3 is 0 Å². The number of rotatable bonds is 2. The van der Waals surface area contributed by atoms with Crippen LogP contribution in [0.3, 0.4) is 0 Å². The second-order valence-corrected chi connectivity index (χ2v) is 1.88. The fourth-order valence-electron chi connectivity index (χ4n) is 0.694. The van der Waals surface area contributed by atoms with Crippen molar-refractivity contribution in [2.24, 2.45) is 10.7 Å². The fourth-order valence-corrected chi connectivity index (χ4v) is 0.694. The van der Waals surface area contributed by atoms with Gasteiger partial charge in [-0.05, 0) is 0 Å². The van der Waals surface area contributed by atoms with Crippen molar-refractivity contribution in [2.75, 3.05) is 13.1 Å². The Morgan fingerprint density at radius 2 is 2.67 bits per heavy atom. The molecule has 3 N–H and O–H groups in total. The number of nitrogens with two attached hydrogens (primary N) is 1. The van der Waals surface area contributed by atoms with Gasteiger partial charge in [0.1, 0.15) is 0 Å². The van der Waals surface area contributed by atoms with E-state index in [0.29, 0.717) is 6.54 Å². The number of hydrogen-bond donors (Lipinski definition) is 2. The van der Waals surface area contributed by atoms with Crippen LogP contribution in [-0.4, -0.2) is 26.1 Å². The molecule has 0 bridgehead atoms. The van der Waals surface area contributed by atoms with E-state index in [1.54, 1.807) is 6.20 Å². The van der Waals surface area contributed by atoms with Crippen LogP contribution in [-0.2, 0) is 0 Å². The molecule has 0 atom stereocenters. The molecule has 0 amide bonds. The van der Waals surface area contributed by atoms with Crippen LogP contribution in [0.2, 0.25) is 0 Å². The maximum absolute atomic E-state index is 5.27. The predicted octanol–water partition coefficient (Wildman–Crippen LogP) is -1.19. The summed E-state index contributed by atoms with van der Waals surface area (Å²) < 4.78 is 0. The lowest BCUT2D eigenvalue weighted by atomic mass is 9.79. The van der Waals surface area contributed by atoms with Crippen LogP contribution in [0.15, 0.2) is 17.2 Å². The van der Waals surface area contributed by atoms with Crippen LogP contribution in [0.5, 0.6) is 0 Å². The van der Waals surface area contributed by atoms with Gasteiger partial charge in [-0.25, -0.2) is 0 Å². The zero-order chi connectivity index (χ0) is 6.53. The van der Waals surface area contributed by atoms with E-state index in [1.165, 1.54) is 0 Å². The SMILES string of the molecule is NCCNC1=NC=CB1. The molecule has 0 radical (unpaired) electrons. The molecule has 0 fully saturated rings. The lowest BCUT2D eigenvalue weighted by Gasteiger charge is -2.00. The van der Waals surface area contributed by atoms with Gasteiger partial charge in [-0.3, -0.25) is 4.99 Å². The van der Waals surface area contributed by atoms with Gasteiger partial charge in [0.15, 0.2) is 0 Å². The van der Waals surface area contributed by atoms with Crippen molar-refractivity contribution < 1.29 is 0 Å². The van der Waals surface area contributed by atoms with Crippen molar-refractivity contribution in [2.45, 2.75) is 0 Å². The summed E-state index contributed by atoms with van der Waals surface area (Å²) in [6.07, 6.45) is 1.80. The molecule has 0 unspecified atom stereocenters. The minimum Gasteiger partial charge on any atom is -0.380 e. The quantitative estimate of drug-likeness (QED) is 0.453. The molecule has 9 heavy (non-hydrogen) atoms. The maximum Gasteiger partial charge on any atom is 0.230 e. The largest absolute Gasteiger partial charge is 0.380 e. The molecule has 0 aliphatic carbocycles. The average Bonchev–Trinajstić information content (AvgIpc) is 2.34. The molecule has 0 spiro atoms. The van der Waals surface area contributed by atoms with E-state index in [9.17, 15) is 0 Å². The normalized spacial score (nSPS) is 15.0. The van der Waals surface area contributed by atoms with E-state index < -0.39 is 0 Å². The van der Waals surface area contributed by atoms with Crippen molar-refractivity contribution in [3.05, 3.63) is 12.2 Å². The summed E-state index contributed by atoms with van der Waals surface area (Å²) in [4.78, 5) is 4.04. The second-order valence-electron chi connectivity index (χ2n) is 1.88. The summed E-state index contributed by atoms with van der Waals surface area (Å²) in [5.41, 5.74) is 6.30. The zero-order valence-electron chi connectivity index (χ0n) is 5.30. The van der Waals surface area contributed by atoms with E-state index in [1.807, 2.05) is 5.98 Å². The molecule has 1 heterocycles. The molecule has 1 aliphatic rings. The van der Waals surface area contributed by atoms with E-state index in [2.05, 4.69) is 10.3 Å². The summed E-state index contributed by atoms with van der Waals surface area (Å²) in [5, 5.41) is 3.09. The summed E-state index contributed by atoms with van der Waals surface area (Å²) >= 11 is 0. The first-order valence-electron chi connectivity index (χ1n) is 3.09. The lowest BCUT2D eigenvalue weighted by molar-refractivity contribution is 0.884. The molecular weight excluding hydrogens is 113 g/mol. The van der Waals surface area contributed by atoms with E-state index in [0.717, 1.165) is 19.6 Å². The van der Waals surface area contributed by atoms with Gasteiger partial charge < -0.3 is 11.1 Å². The highest BCUT2D eigenvalue weighted by Gasteiger charge is 1.99. The monoisotopic (exact) mass is 123 g/mol. The zero-order valence-corrected chi connectivity index (χ0v) is 5.30. The van der Waals surface area contributed by atoms with Crippen molar-refractivity contribution in [1.82, 2.24) is 5.32 Å². The smallest absolute Gasteiger partial charge is 0.230 e. The van der Waals surface area contributed by atoms with E-state index >= 15 is 0 Å². The van der Waals surface area contributed by atoms with Crippen molar-refractivity contribution in [3.63, 3.8) is 0 Å². The highest BCUT2D eigenvalue weighted by molar-refractivity contribution is 6.79. The van der Waals surface area contributed by atoms with Crippen LogP contribution < -0.4 is 11.1 Å².